The van der Waals surface area contributed by atoms with Gasteiger partial charge in [-0.3, -0.25) is 0 Å². The van der Waals surface area contributed by atoms with Gasteiger partial charge < -0.3 is 10.6 Å². The van der Waals surface area contributed by atoms with Gasteiger partial charge in [0, 0.05) is 14.9 Å². The fraction of sp³-hybridized carbons (Fsp3) is 0.0714. The molecule has 0 saturated heterocycles. The van der Waals surface area contributed by atoms with Crippen molar-refractivity contribution in [2.45, 2.75) is 6.18 Å². The van der Waals surface area contributed by atoms with E-state index in [1.54, 1.807) is 18.2 Å². The number of halogens is 4. The summed E-state index contributed by atoms with van der Waals surface area (Å²) in [7, 11) is 0. The van der Waals surface area contributed by atoms with Crippen molar-refractivity contribution in [2.75, 3.05) is 10.6 Å². The third-order valence-electron chi connectivity index (χ3n) is 2.55. The number of nitrogens with one attached hydrogen (secondary N) is 2. The molecule has 0 unspecified atom stereocenters. The summed E-state index contributed by atoms with van der Waals surface area (Å²) >= 11 is 2.11. The van der Waals surface area contributed by atoms with Gasteiger partial charge in [-0.05, 0) is 65.1 Å². The summed E-state index contributed by atoms with van der Waals surface area (Å²) in [5, 5.41) is 5.07. The monoisotopic (exact) mass is 406 g/mol. The molecule has 0 aromatic heterocycles. The minimum atomic E-state index is -4.39. The average Bonchev–Trinajstić information content (AvgIpc) is 2.38. The molecule has 7 heteroatoms. The molecule has 0 saturated carbocycles. The van der Waals surface area contributed by atoms with Crippen LogP contribution in [0.3, 0.4) is 0 Å². The Bertz CT molecular complexity index is 641. The maximum absolute atomic E-state index is 12.4. The van der Waals surface area contributed by atoms with Crippen LogP contribution >= 0.6 is 22.6 Å². The molecule has 0 atom stereocenters. The minimum absolute atomic E-state index is 0.283. The lowest BCUT2D eigenvalue weighted by molar-refractivity contribution is -0.137. The molecule has 0 aliphatic rings. The number of benzene rings is 2. The first-order valence-corrected chi connectivity index (χ1v) is 6.93. The van der Waals surface area contributed by atoms with E-state index in [1.807, 2.05) is 6.07 Å². The predicted octanol–water partition coefficient (Wildman–Crippen LogP) is 4.95. The minimum Gasteiger partial charge on any atom is -0.308 e. The second kappa shape index (κ2) is 6.33. The van der Waals surface area contributed by atoms with Crippen molar-refractivity contribution in [2.24, 2.45) is 0 Å². The summed E-state index contributed by atoms with van der Waals surface area (Å²) in [4.78, 5) is 11.7. The molecule has 0 radical (unpaired) electrons. The molecule has 2 amide bonds. The van der Waals surface area contributed by atoms with Crippen LogP contribution < -0.4 is 10.6 Å². The van der Waals surface area contributed by atoms with E-state index in [-0.39, 0.29) is 5.69 Å². The van der Waals surface area contributed by atoms with Gasteiger partial charge in [0.15, 0.2) is 0 Å². The molecular formula is C14H10F3IN2O. The van der Waals surface area contributed by atoms with Gasteiger partial charge in [0.25, 0.3) is 0 Å². The van der Waals surface area contributed by atoms with Crippen LogP contribution in [0.15, 0.2) is 48.5 Å². The highest BCUT2D eigenvalue weighted by Gasteiger charge is 2.29. The van der Waals surface area contributed by atoms with Crippen molar-refractivity contribution in [3.63, 3.8) is 0 Å². The van der Waals surface area contributed by atoms with Gasteiger partial charge in [-0.2, -0.15) is 13.2 Å². The SMILES string of the molecule is O=C(Nc1ccc(C(F)(F)F)cc1)Nc1cccc(I)c1. The molecule has 0 aliphatic heterocycles. The zero-order chi connectivity index (χ0) is 15.5. The summed E-state index contributed by atoms with van der Waals surface area (Å²) in [5.41, 5.74) is 0.128. The quantitative estimate of drug-likeness (QED) is 0.681. The molecule has 2 rings (SSSR count). The topological polar surface area (TPSA) is 41.1 Å². The summed E-state index contributed by atoms with van der Waals surface area (Å²) in [5.74, 6) is 0. The fourth-order valence-corrected chi connectivity index (χ4v) is 2.15. The Balaban J connectivity index is 2.00. The first-order valence-electron chi connectivity index (χ1n) is 5.85. The molecule has 0 aliphatic carbocycles. The smallest absolute Gasteiger partial charge is 0.308 e. The van der Waals surface area contributed by atoms with E-state index in [9.17, 15) is 18.0 Å². The number of urea groups is 1. The van der Waals surface area contributed by atoms with E-state index in [1.165, 1.54) is 12.1 Å². The Hall–Kier alpha value is -1.77. The number of hydrogen-bond acceptors (Lipinski definition) is 1. The fourth-order valence-electron chi connectivity index (χ4n) is 1.60. The number of amides is 2. The lowest BCUT2D eigenvalue weighted by Gasteiger charge is -2.10. The third-order valence-corrected chi connectivity index (χ3v) is 3.22. The molecule has 0 fully saturated rings. The highest BCUT2D eigenvalue weighted by molar-refractivity contribution is 14.1. The predicted molar refractivity (Wildman–Crippen MR) is 83.2 cm³/mol. The number of rotatable bonds is 2. The van der Waals surface area contributed by atoms with Crippen LogP contribution in [0.4, 0.5) is 29.3 Å². The molecule has 0 spiro atoms. The molecule has 3 nitrogen and oxygen atoms in total. The van der Waals surface area contributed by atoms with E-state index >= 15 is 0 Å². The summed E-state index contributed by atoms with van der Waals surface area (Å²) in [6, 6.07) is 10.9. The van der Waals surface area contributed by atoms with E-state index < -0.39 is 17.8 Å². The number of anilines is 2. The third kappa shape index (κ3) is 4.62. The maximum Gasteiger partial charge on any atom is 0.416 e. The Kier molecular flexibility index (Phi) is 4.71. The van der Waals surface area contributed by atoms with E-state index in [4.69, 9.17) is 0 Å². The van der Waals surface area contributed by atoms with Gasteiger partial charge >= 0.3 is 12.2 Å². The van der Waals surface area contributed by atoms with Crippen LogP contribution in [0.5, 0.6) is 0 Å². The summed E-state index contributed by atoms with van der Waals surface area (Å²) < 4.78 is 38.2. The zero-order valence-electron chi connectivity index (χ0n) is 10.5. The Morgan fingerprint density at radius 3 is 2.14 bits per heavy atom. The molecule has 2 aromatic carbocycles. The van der Waals surface area contributed by atoms with Crippen LogP contribution in [-0.2, 0) is 6.18 Å². The van der Waals surface area contributed by atoms with Gasteiger partial charge in [-0.15, -0.1) is 0 Å². The zero-order valence-corrected chi connectivity index (χ0v) is 12.7. The van der Waals surface area contributed by atoms with Gasteiger partial charge in [-0.25, -0.2) is 4.79 Å². The van der Waals surface area contributed by atoms with Crippen LogP contribution in [0.25, 0.3) is 0 Å². The maximum atomic E-state index is 12.4. The van der Waals surface area contributed by atoms with Crippen LogP contribution in [0, 0.1) is 3.57 Å². The lowest BCUT2D eigenvalue weighted by atomic mass is 10.2. The highest BCUT2D eigenvalue weighted by atomic mass is 127. The molecule has 110 valence electrons. The Labute approximate surface area is 132 Å². The lowest BCUT2D eigenvalue weighted by Crippen LogP contribution is -2.19. The number of hydrogen-bond donors (Lipinski definition) is 2. The highest BCUT2D eigenvalue weighted by Crippen LogP contribution is 2.29. The van der Waals surface area contributed by atoms with Crippen LogP contribution in [0.1, 0.15) is 5.56 Å². The average molecular weight is 406 g/mol. The van der Waals surface area contributed by atoms with E-state index in [0.29, 0.717) is 5.69 Å². The molecule has 0 bridgehead atoms. The molecule has 2 N–H and O–H groups in total. The first-order chi connectivity index (χ1) is 9.84. The normalized spacial score (nSPS) is 11.0. The number of carbonyl (C=O) groups is 1. The summed E-state index contributed by atoms with van der Waals surface area (Å²) in [6.45, 7) is 0. The van der Waals surface area contributed by atoms with Gasteiger partial charge in [0.2, 0.25) is 0 Å². The van der Waals surface area contributed by atoms with Crippen molar-refractivity contribution in [3.05, 3.63) is 57.7 Å². The van der Waals surface area contributed by atoms with Crippen LogP contribution in [0.2, 0.25) is 0 Å². The Morgan fingerprint density at radius 1 is 0.952 bits per heavy atom. The van der Waals surface area contributed by atoms with E-state index in [2.05, 4.69) is 33.2 Å². The van der Waals surface area contributed by atoms with Crippen LogP contribution in [-0.4, -0.2) is 6.03 Å². The number of carbonyl (C=O) groups excluding carboxylic acids is 1. The molecule has 21 heavy (non-hydrogen) atoms. The van der Waals surface area contributed by atoms with E-state index in [0.717, 1.165) is 15.7 Å². The van der Waals surface area contributed by atoms with Crippen molar-refractivity contribution < 1.29 is 18.0 Å². The second-order valence-corrected chi connectivity index (χ2v) is 5.41. The van der Waals surface area contributed by atoms with Crippen molar-refractivity contribution in [1.29, 1.82) is 0 Å². The molecule has 2 aromatic rings. The van der Waals surface area contributed by atoms with Gasteiger partial charge in [-0.1, -0.05) is 6.07 Å². The first kappa shape index (κ1) is 15.6. The summed E-state index contributed by atoms with van der Waals surface area (Å²) in [6.07, 6.45) is -4.39. The van der Waals surface area contributed by atoms with Crippen molar-refractivity contribution in [3.8, 4) is 0 Å². The molecular weight excluding hydrogens is 396 g/mol. The number of alkyl halides is 3. The van der Waals surface area contributed by atoms with Crippen molar-refractivity contribution in [1.82, 2.24) is 0 Å². The Morgan fingerprint density at radius 2 is 1.57 bits per heavy atom. The van der Waals surface area contributed by atoms with Gasteiger partial charge in [0.1, 0.15) is 0 Å². The largest absolute Gasteiger partial charge is 0.416 e. The standard InChI is InChI=1S/C14H10F3IN2O/c15-14(16,17)9-4-6-11(7-5-9)19-13(21)20-12-3-1-2-10(18)8-12/h1-8H,(H2,19,20,21). The van der Waals surface area contributed by atoms with Crippen molar-refractivity contribution >= 4 is 40.0 Å². The molecule has 0 heterocycles. The second-order valence-electron chi connectivity index (χ2n) is 4.16. The van der Waals surface area contributed by atoms with Gasteiger partial charge in [0.05, 0.1) is 5.56 Å².